The van der Waals surface area contributed by atoms with Gasteiger partial charge < -0.3 is 20.1 Å². The van der Waals surface area contributed by atoms with Crippen LogP contribution < -0.4 is 5.32 Å². The molecule has 0 amide bonds. The van der Waals surface area contributed by atoms with Gasteiger partial charge in [-0.1, -0.05) is 0 Å². The summed E-state index contributed by atoms with van der Waals surface area (Å²) < 4.78 is 4.96. The number of piperidine rings is 1. The van der Waals surface area contributed by atoms with Crippen molar-refractivity contribution in [1.82, 2.24) is 14.9 Å². The fourth-order valence-electron chi connectivity index (χ4n) is 2.95. The zero-order valence-corrected chi connectivity index (χ0v) is 14.6. The van der Waals surface area contributed by atoms with Crippen LogP contribution in [0, 0.1) is 6.92 Å². The monoisotopic (exact) mass is 336 g/mol. The maximum Gasteiger partial charge on any atom is 0.306 e. The number of ether oxygens (including phenoxy) is 1. The topological polar surface area (TPSA) is 87.6 Å². The van der Waals surface area contributed by atoms with E-state index in [1.165, 1.54) is 0 Å². The maximum atomic E-state index is 11.5. The molecule has 24 heavy (non-hydrogen) atoms. The number of anilines is 1. The number of carbonyl (C=O) groups excluding carboxylic acids is 1. The molecule has 1 aliphatic rings. The Hall–Kier alpha value is -1.73. The van der Waals surface area contributed by atoms with Gasteiger partial charge in [0.25, 0.3) is 0 Å². The van der Waals surface area contributed by atoms with Crippen molar-refractivity contribution in [2.45, 2.75) is 45.6 Å². The van der Waals surface area contributed by atoms with Crippen molar-refractivity contribution in [3.63, 3.8) is 0 Å². The number of rotatable bonds is 8. The van der Waals surface area contributed by atoms with E-state index in [0.717, 1.165) is 44.0 Å². The minimum atomic E-state index is -0.195. The van der Waals surface area contributed by atoms with Crippen LogP contribution in [-0.4, -0.2) is 64.8 Å². The molecule has 0 aliphatic carbocycles. The van der Waals surface area contributed by atoms with E-state index in [2.05, 4.69) is 20.2 Å². The van der Waals surface area contributed by atoms with Gasteiger partial charge >= 0.3 is 5.97 Å². The van der Waals surface area contributed by atoms with E-state index in [4.69, 9.17) is 9.84 Å². The summed E-state index contributed by atoms with van der Waals surface area (Å²) in [5, 5.41) is 12.5. The highest BCUT2D eigenvalue weighted by atomic mass is 16.5. The molecule has 1 aliphatic heterocycles. The first-order valence-corrected chi connectivity index (χ1v) is 8.70. The first kappa shape index (κ1) is 18.6. The number of aliphatic hydroxyl groups excluding tert-OH is 1. The fraction of sp³-hybridized carbons (Fsp3) is 0.706. The lowest BCUT2D eigenvalue weighted by molar-refractivity contribution is -0.143. The molecule has 2 rings (SSSR count). The molecule has 0 aromatic carbocycles. The highest BCUT2D eigenvalue weighted by molar-refractivity contribution is 5.69. The third kappa shape index (κ3) is 6.05. The highest BCUT2D eigenvalue weighted by Gasteiger charge is 2.19. The molecule has 7 heteroatoms. The molecular weight excluding hydrogens is 308 g/mol. The summed E-state index contributed by atoms with van der Waals surface area (Å²) in [6, 6.07) is 2.30. The van der Waals surface area contributed by atoms with E-state index in [1.54, 1.807) is 6.92 Å². The van der Waals surface area contributed by atoms with Crippen LogP contribution in [0.25, 0.3) is 0 Å². The maximum absolute atomic E-state index is 11.5. The zero-order chi connectivity index (χ0) is 17.4. The van der Waals surface area contributed by atoms with Gasteiger partial charge in [0.15, 0.2) is 0 Å². The van der Waals surface area contributed by atoms with Gasteiger partial charge in [-0.05, 0) is 26.7 Å². The number of hydrogen-bond donors (Lipinski definition) is 2. The van der Waals surface area contributed by atoms with Gasteiger partial charge in [0, 0.05) is 43.9 Å². The molecule has 1 fully saturated rings. The minimum Gasteiger partial charge on any atom is -0.466 e. The number of hydrogen-bond acceptors (Lipinski definition) is 7. The van der Waals surface area contributed by atoms with E-state index >= 15 is 0 Å². The van der Waals surface area contributed by atoms with Gasteiger partial charge in [-0.25, -0.2) is 9.97 Å². The van der Waals surface area contributed by atoms with Crippen molar-refractivity contribution in [3.8, 4) is 0 Å². The van der Waals surface area contributed by atoms with Gasteiger partial charge in [-0.15, -0.1) is 0 Å². The summed E-state index contributed by atoms with van der Waals surface area (Å²) in [6.45, 7) is 7.01. The molecule has 0 radical (unpaired) electrons. The van der Waals surface area contributed by atoms with E-state index in [1.807, 2.05) is 13.0 Å². The molecule has 134 valence electrons. The van der Waals surface area contributed by atoms with Gasteiger partial charge in [-0.2, -0.15) is 0 Å². The molecule has 2 heterocycles. The minimum absolute atomic E-state index is 0.195. The Labute approximate surface area is 143 Å². The lowest BCUT2D eigenvalue weighted by atomic mass is 10.1. The van der Waals surface area contributed by atoms with E-state index in [-0.39, 0.29) is 12.6 Å². The summed E-state index contributed by atoms with van der Waals surface area (Å²) in [5.41, 5.74) is 0.857. The van der Waals surface area contributed by atoms with Gasteiger partial charge in [0.1, 0.15) is 11.6 Å². The summed E-state index contributed by atoms with van der Waals surface area (Å²) in [7, 11) is 0. The number of aryl methyl sites for hydroxylation is 2. The van der Waals surface area contributed by atoms with Crippen LogP contribution in [0.4, 0.5) is 5.82 Å². The van der Waals surface area contributed by atoms with Gasteiger partial charge in [0.05, 0.1) is 19.6 Å². The van der Waals surface area contributed by atoms with E-state index < -0.39 is 0 Å². The van der Waals surface area contributed by atoms with Crippen molar-refractivity contribution in [1.29, 1.82) is 0 Å². The van der Waals surface area contributed by atoms with Crippen LogP contribution in [0.3, 0.4) is 0 Å². The second-order valence-corrected chi connectivity index (χ2v) is 6.08. The molecule has 0 spiro atoms. The lowest BCUT2D eigenvalue weighted by Gasteiger charge is -2.32. The number of aliphatic hydroxyl groups is 1. The number of nitrogens with one attached hydrogen (secondary N) is 1. The quantitative estimate of drug-likeness (QED) is 0.689. The Kier molecular flexibility index (Phi) is 7.39. The smallest absolute Gasteiger partial charge is 0.306 e. The third-order valence-corrected chi connectivity index (χ3v) is 4.14. The van der Waals surface area contributed by atoms with E-state index in [9.17, 15) is 4.79 Å². The van der Waals surface area contributed by atoms with Gasteiger partial charge in [0.2, 0.25) is 0 Å². The van der Waals surface area contributed by atoms with Crippen molar-refractivity contribution in [2.24, 2.45) is 0 Å². The average Bonchev–Trinajstić information content (AvgIpc) is 2.55. The molecule has 0 unspecified atom stereocenters. The van der Waals surface area contributed by atoms with Gasteiger partial charge in [-0.3, -0.25) is 4.79 Å². The molecule has 1 aromatic rings. The van der Waals surface area contributed by atoms with E-state index in [0.29, 0.717) is 31.3 Å². The Bertz CT molecular complexity index is 531. The van der Waals surface area contributed by atoms with Crippen molar-refractivity contribution < 1.29 is 14.6 Å². The Morgan fingerprint density at radius 2 is 2.17 bits per heavy atom. The molecule has 0 atom stereocenters. The van der Waals surface area contributed by atoms with Crippen LogP contribution in [-0.2, 0) is 16.0 Å². The zero-order valence-electron chi connectivity index (χ0n) is 14.6. The SMILES string of the molecule is CCOC(=O)CCc1cc(NC2CCN(CCO)CC2)nc(C)n1. The predicted molar refractivity (Wildman–Crippen MR) is 91.9 cm³/mol. The number of β-amino-alcohol motifs (C(OH)–C–C–N with tert-alkyl or cyclic N) is 1. The molecule has 1 saturated heterocycles. The second-order valence-electron chi connectivity index (χ2n) is 6.08. The normalized spacial score (nSPS) is 16.1. The number of likely N-dealkylation sites (tertiary alicyclic amines) is 1. The van der Waals surface area contributed by atoms with Crippen molar-refractivity contribution >= 4 is 11.8 Å². The Morgan fingerprint density at radius 3 is 2.83 bits per heavy atom. The lowest BCUT2D eigenvalue weighted by Crippen LogP contribution is -2.40. The first-order valence-electron chi connectivity index (χ1n) is 8.70. The number of esters is 1. The van der Waals surface area contributed by atoms with Crippen LogP contribution in [0.5, 0.6) is 0 Å². The molecule has 2 N–H and O–H groups in total. The van der Waals surface area contributed by atoms with Crippen molar-refractivity contribution in [3.05, 3.63) is 17.6 Å². The fourth-order valence-corrected chi connectivity index (χ4v) is 2.95. The molecule has 7 nitrogen and oxygen atoms in total. The second kappa shape index (κ2) is 9.54. The predicted octanol–water partition coefficient (Wildman–Crippen LogP) is 1.15. The number of aromatic nitrogens is 2. The first-order chi connectivity index (χ1) is 11.6. The Morgan fingerprint density at radius 1 is 1.42 bits per heavy atom. The highest BCUT2D eigenvalue weighted by Crippen LogP contribution is 2.16. The number of carbonyl (C=O) groups is 1. The summed E-state index contributed by atoms with van der Waals surface area (Å²) in [5.74, 6) is 1.33. The summed E-state index contributed by atoms with van der Waals surface area (Å²) in [6.07, 6.45) is 2.96. The third-order valence-electron chi connectivity index (χ3n) is 4.14. The summed E-state index contributed by atoms with van der Waals surface area (Å²) in [4.78, 5) is 22.6. The van der Waals surface area contributed by atoms with Crippen LogP contribution >= 0.6 is 0 Å². The van der Waals surface area contributed by atoms with Crippen LogP contribution in [0.2, 0.25) is 0 Å². The van der Waals surface area contributed by atoms with Crippen LogP contribution in [0.1, 0.15) is 37.7 Å². The van der Waals surface area contributed by atoms with Crippen LogP contribution in [0.15, 0.2) is 6.07 Å². The largest absolute Gasteiger partial charge is 0.466 e. The molecule has 0 bridgehead atoms. The Balaban J connectivity index is 1.88. The number of nitrogens with zero attached hydrogens (tertiary/aromatic N) is 3. The summed E-state index contributed by atoms with van der Waals surface area (Å²) >= 11 is 0. The average molecular weight is 336 g/mol. The standard InChI is InChI=1S/C17H28N4O3/c1-3-24-17(23)5-4-15-12-16(19-13(2)18-15)20-14-6-8-21(9-7-14)10-11-22/h12,14,22H,3-11H2,1-2H3,(H,18,19,20). The molecule has 0 saturated carbocycles. The molecular formula is C17H28N4O3. The van der Waals surface area contributed by atoms with Crippen molar-refractivity contribution in [2.75, 3.05) is 38.2 Å². The molecule has 1 aromatic heterocycles.